The Labute approximate surface area is 151 Å². The van der Waals surface area contributed by atoms with Gasteiger partial charge < -0.3 is 4.74 Å². The topological polar surface area (TPSA) is 26.3 Å². The van der Waals surface area contributed by atoms with Crippen LogP contribution in [0.25, 0.3) is 0 Å². The Bertz CT molecular complexity index is 274. The lowest BCUT2D eigenvalue weighted by atomic mass is 9.90. The SMILES string of the molecule is CCOC(=O)CCCCCCC1CCCCCCCCCCCC1. The smallest absolute Gasteiger partial charge is 0.305 e. The van der Waals surface area contributed by atoms with Crippen LogP contribution in [-0.4, -0.2) is 12.6 Å². The van der Waals surface area contributed by atoms with Crippen LogP contribution in [0.1, 0.15) is 122 Å². The van der Waals surface area contributed by atoms with Crippen molar-refractivity contribution in [2.24, 2.45) is 5.92 Å². The summed E-state index contributed by atoms with van der Waals surface area (Å²) in [6.45, 7) is 2.39. The largest absolute Gasteiger partial charge is 0.466 e. The molecule has 0 aliphatic heterocycles. The number of carbonyl (C=O) groups is 1. The van der Waals surface area contributed by atoms with Crippen LogP contribution >= 0.6 is 0 Å². The molecule has 0 amide bonds. The number of hydrogen-bond donors (Lipinski definition) is 0. The molecule has 0 aromatic rings. The van der Waals surface area contributed by atoms with Crippen LogP contribution in [0, 0.1) is 5.92 Å². The first-order valence-electron chi connectivity index (χ1n) is 11.0. The molecule has 1 fully saturated rings. The van der Waals surface area contributed by atoms with Gasteiger partial charge in [-0.05, 0) is 19.3 Å². The molecule has 0 aromatic carbocycles. The lowest BCUT2D eigenvalue weighted by Gasteiger charge is -2.16. The van der Waals surface area contributed by atoms with Crippen molar-refractivity contribution in [2.75, 3.05) is 6.61 Å². The standard InChI is InChI=1S/C22H42O2/c1-2-24-22(23)20-16-12-11-15-19-21-17-13-9-7-5-3-4-6-8-10-14-18-21/h21H,2-20H2,1H3. The van der Waals surface area contributed by atoms with Crippen LogP contribution in [0.3, 0.4) is 0 Å². The molecule has 1 rings (SSSR count). The highest BCUT2D eigenvalue weighted by Crippen LogP contribution is 2.25. The summed E-state index contributed by atoms with van der Waals surface area (Å²) < 4.78 is 4.98. The van der Waals surface area contributed by atoms with Gasteiger partial charge in [0.05, 0.1) is 6.61 Å². The van der Waals surface area contributed by atoms with Gasteiger partial charge in [0, 0.05) is 6.42 Å². The maximum atomic E-state index is 11.3. The van der Waals surface area contributed by atoms with Crippen LogP contribution in [0.4, 0.5) is 0 Å². The molecule has 2 heteroatoms. The summed E-state index contributed by atoms with van der Waals surface area (Å²) in [4.78, 5) is 11.3. The van der Waals surface area contributed by atoms with Crippen molar-refractivity contribution < 1.29 is 9.53 Å². The monoisotopic (exact) mass is 338 g/mol. The molecule has 1 aliphatic rings. The molecular weight excluding hydrogens is 296 g/mol. The molecule has 0 unspecified atom stereocenters. The van der Waals surface area contributed by atoms with E-state index in [9.17, 15) is 4.79 Å². The summed E-state index contributed by atoms with van der Waals surface area (Å²) in [5, 5.41) is 0. The van der Waals surface area contributed by atoms with Gasteiger partial charge in [-0.3, -0.25) is 4.79 Å². The quantitative estimate of drug-likeness (QED) is 0.345. The molecule has 142 valence electrons. The third-order valence-corrected chi connectivity index (χ3v) is 5.52. The summed E-state index contributed by atoms with van der Waals surface area (Å²) in [5.74, 6) is 0.948. The number of hydrogen-bond acceptors (Lipinski definition) is 2. The summed E-state index contributed by atoms with van der Waals surface area (Å²) in [6, 6.07) is 0. The molecule has 0 atom stereocenters. The van der Waals surface area contributed by atoms with Crippen LogP contribution in [0.2, 0.25) is 0 Å². The number of ether oxygens (including phenoxy) is 1. The molecule has 0 radical (unpaired) electrons. The molecular formula is C22H42O2. The van der Waals surface area contributed by atoms with E-state index in [4.69, 9.17) is 4.74 Å². The summed E-state index contributed by atoms with van der Waals surface area (Å²) in [6.07, 6.45) is 24.4. The van der Waals surface area contributed by atoms with Gasteiger partial charge in [0.25, 0.3) is 0 Å². The maximum Gasteiger partial charge on any atom is 0.305 e. The van der Waals surface area contributed by atoms with Gasteiger partial charge in [0.1, 0.15) is 0 Å². The zero-order chi connectivity index (χ0) is 17.3. The highest BCUT2D eigenvalue weighted by molar-refractivity contribution is 5.69. The molecule has 0 heterocycles. The van der Waals surface area contributed by atoms with Gasteiger partial charge in [0.2, 0.25) is 0 Å². The normalized spacial score (nSPS) is 19.0. The van der Waals surface area contributed by atoms with Gasteiger partial charge in [0.15, 0.2) is 0 Å². The maximum absolute atomic E-state index is 11.3. The van der Waals surface area contributed by atoms with Gasteiger partial charge >= 0.3 is 5.97 Å². The fourth-order valence-electron chi connectivity index (χ4n) is 4.00. The number of esters is 1. The van der Waals surface area contributed by atoms with Gasteiger partial charge in [-0.15, -0.1) is 0 Å². The average molecular weight is 339 g/mol. The van der Waals surface area contributed by atoms with Crippen LogP contribution < -0.4 is 0 Å². The third kappa shape index (κ3) is 12.8. The van der Waals surface area contributed by atoms with E-state index in [0.29, 0.717) is 13.0 Å². The minimum atomic E-state index is -0.0206. The Kier molecular flexibility index (Phi) is 14.3. The van der Waals surface area contributed by atoms with Crippen molar-refractivity contribution in [3.63, 3.8) is 0 Å². The van der Waals surface area contributed by atoms with Crippen LogP contribution in [0.5, 0.6) is 0 Å². The Morgan fingerprint density at radius 1 is 0.750 bits per heavy atom. The molecule has 0 saturated heterocycles. The van der Waals surface area contributed by atoms with Crippen LogP contribution in [0.15, 0.2) is 0 Å². The van der Waals surface area contributed by atoms with E-state index < -0.39 is 0 Å². The van der Waals surface area contributed by atoms with E-state index >= 15 is 0 Å². The molecule has 0 bridgehead atoms. The van der Waals surface area contributed by atoms with Crippen molar-refractivity contribution in [1.82, 2.24) is 0 Å². The van der Waals surface area contributed by atoms with Crippen molar-refractivity contribution in [2.45, 2.75) is 122 Å². The molecule has 0 aromatic heterocycles. The Balaban J connectivity index is 2.09. The second-order valence-electron chi connectivity index (χ2n) is 7.74. The highest BCUT2D eigenvalue weighted by Gasteiger charge is 2.09. The van der Waals surface area contributed by atoms with Gasteiger partial charge in [-0.2, -0.15) is 0 Å². The average Bonchev–Trinajstić information content (AvgIpc) is 2.60. The van der Waals surface area contributed by atoms with Gasteiger partial charge in [-0.25, -0.2) is 0 Å². The second-order valence-corrected chi connectivity index (χ2v) is 7.74. The van der Waals surface area contributed by atoms with Crippen molar-refractivity contribution in [1.29, 1.82) is 0 Å². The minimum Gasteiger partial charge on any atom is -0.466 e. The van der Waals surface area contributed by atoms with E-state index in [1.807, 2.05) is 6.92 Å². The van der Waals surface area contributed by atoms with Crippen LogP contribution in [-0.2, 0) is 9.53 Å². The molecule has 0 N–H and O–H groups in total. The van der Waals surface area contributed by atoms with E-state index in [2.05, 4.69) is 0 Å². The van der Waals surface area contributed by atoms with E-state index in [1.54, 1.807) is 0 Å². The van der Waals surface area contributed by atoms with Crippen molar-refractivity contribution >= 4 is 5.97 Å². The zero-order valence-electron chi connectivity index (χ0n) is 16.3. The molecule has 1 aliphatic carbocycles. The fourth-order valence-corrected chi connectivity index (χ4v) is 4.00. The summed E-state index contributed by atoms with van der Waals surface area (Å²) in [5.41, 5.74) is 0. The first kappa shape index (κ1) is 21.5. The molecule has 1 saturated carbocycles. The predicted octanol–water partition coefficient (Wildman–Crippen LogP) is 7.20. The Morgan fingerprint density at radius 2 is 1.25 bits per heavy atom. The van der Waals surface area contributed by atoms with E-state index in [0.717, 1.165) is 12.3 Å². The first-order chi connectivity index (χ1) is 11.8. The zero-order valence-corrected chi connectivity index (χ0v) is 16.3. The minimum absolute atomic E-state index is 0.0206. The lowest BCUT2D eigenvalue weighted by molar-refractivity contribution is -0.143. The lowest BCUT2D eigenvalue weighted by Crippen LogP contribution is -2.03. The number of carbonyl (C=O) groups excluding carboxylic acids is 1. The van der Waals surface area contributed by atoms with Crippen molar-refractivity contribution in [3.8, 4) is 0 Å². The number of unbranched alkanes of at least 4 members (excludes halogenated alkanes) is 3. The van der Waals surface area contributed by atoms with E-state index in [1.165, 1.54) is 103 Å². The predicted molar refractivity (Wildman–Crippen MR) is 103 cm³/mol. The molecule has 2 nitrogen and oxygen atoms in total. The van der Waals surface area contributed by atoms with Crippen molar-refractivity contribution in [3.05, 3.63) is 0 Å². The van der Waals surface area contributed by atoms with E-state index in [-0.39, 0.29) is 5.97 Å². The fraction of sp³-hybridized carbons (Fsp3) is 0.955. The second kappa shape index (κ2) is 16.0. The highest BCUT2D eigenvalue weighted by atomic mass is 16.5. The first-order valence-corrected chi connectivity index (χ1v) is 11.0. The Hall–Kier alpha value is -0.530. The molecule has 24 heavy (non-hydrogen) atoms. The summed E-state index contributed by atoms with van der Waals surface area (Å²) >= 11 is 0. The number of rotatable bonds is 8. The molecule has 0 spiro atoms. The van der Waals surface area contributed by atoms with Gasteiger partial charge in [-0.1, -0.05) is 103 Å². The third-order valence-electron chi connectivity index (χ3n) is 5.52. The summed E-state index contributed by atoms with van der Waals surface area (Å²) in [7, 11) is 0. The Morgan fingerprint density at radius 3 is 1.79 bits per heavy atom.